The molecule has 0 saturated carbocycles. The fraction of sp³-hybridized carbons (Fsp3) is 0.500. The summed E-state index contributed by atoms with van der Waals surface area (Å²) in [5.41, 5.74) is 6.58. The summed E-state index contributed by atoms with van der Waals surface area (Å²) >= 11 is 0. The second kappa shape index (κ2) is 6.13. The maximum atomic E-state index is 12.5. The van der Waals surface area contributed by atoms with Gasteiger partial charge in [0.15, 0.2) is 0 Å². The second-order valence-corrected chi connectivity index (χ2v) is 7.27. The number of rotatable bonds is 3. The molecule has 2 N–H and O–H groups in total. The van der Waals surface area contributed by atoms with Crippen LogP contribution in [0.25, 0.3) is 0 Å². The quantitative estimate of drug-likeness (QED) is 0.863. The van der Waals surface area contributed by atoms with Gasteiger partial charge in [-0.2, -0.15) is 4.31 Å². The Morgan fingerprint density at radius 1 is 1.14 bits per heavy atom. The van der Waals surface area contributed by atoms with Crippen molar-refractivity contribution in [1.29, 1.82) is 0 Å². The van der Waals surface area contributed by atoms with Crippen molar-refractivity contribution < 1.29 is 13.2 Å². The van der Waals surface area contributed by atoms with Gasteiger partial charge >= 0.3 is 0 Å². The monoisotopic (exact) mass is 311 g/mol. The average Bonchev–Trinajstić information content (AvgIpc) is 2.47. The number of carbonyl (C=O) groups is 1. The third kappa shape index (κ3) is 3.42. The molecule has 1 aromatic carbocycles. The summed E-state index contributed by atoms with van der Waals surface area (Å²) in [6.07, 6.45) is 0. The molecule has 1 aliphatic heterocycles. The van der Waals surface area contributed by atoms with Crippen LogP contribution >= 0.6 is 0 Å². The molecule has 1 saturated heterocycles. The Labute approximate surface area is 125 Å². The highest BCUT2D eigenvalue weighted by atomic mass is 32.2. The molecule has 6 nitrogen and oxygen atoms in total. The third-order valence-corrected chi connectivity index (χ3v) is 5.51. The van der Waals surface area contributed by atoms with E-state index in [1.165, 1.54) is 4.31 Å². The number of nitrogens with two attached hydrogens (primary N) is 1. The molecule has 7 heteroatoms. The molecule has 1 aromatic rings. The zero-order valence-corrected chi connectivity index (χ0v) is 13.1. The first-order valence-corrected chi connectivity index (χ1v) is 8.37. The van der Waals surface area contributed by atoms with E-state index >= 15 is 0 Å². The lowest BCUT2D eigenvalue weighted by molar-refractivity contribution is -0.133. The number of aryl methyl sites for hydroxylation is 1. The number of hydrogen-bond donors (Lipinski definition) is 1. The molecule has 0 aromatic heterocycles. The van der Waals surface area contributed by atoms with Crippen LogP contribution in [0, 0.1) is 6.92 Å². The van der Waals surface area contributed by atoms with Crippen molar-refractivity contribution in [2.45, 2.75) is 24.8 Å². The summed E-state index contributed by atoms with van der Waals surface area (Å²) < 4.78 is 26.4. The molecule has 21 heavy (non-hydrogen) atoms. The van der Waals surface area contributed by atoms with Crippen molar-refractivity contribution in [3.05, 3.63) is 29.8 Å². The second-order valence-electron chi connectivity index (χ2n) is 5.33. The molecule has 0 spiro atoms. The standard InChI is InChI=1S/C14H21N3O3S/c1-11-3-5-13(6-4-11)21(19,20)17-9-7-16(8-10-17)14(18)12(2)15/h3-6,12H,7-10,15H2,1-2H3/t12-/m1/s1. The number of amides is 1. The van der Waals surface area contributed by atoms with Crippen molar-refractivity contribution in [2.24, 2.45) is 5.73 Å². The van der Waals surface area contributed by atoms with Crippen LogP contribution in [-0.2, 0) is 14.8 Å². The van der Waals surface area contributed by atoms with Crippen LogP contribution in [0.15, 0.2) is 29.2 Å². The maximum absolute atomic E-state index is 12.5. The Morgan fingerprint density at radius 2 is 1.67 bits per heavy atom. The first-order valence-electron chi connectivity index (χ1n) is 6.93. The smallest absolute Gasteiger partial charge is 0.243 e. The molecule has 1 aliphatic rings. The minimum atomic E-state index is -3.48. The third-order valence-electron chi connectivity index (χ3n) is 3.60. The van der Waals surface area contributed by atoms with E-state index in [0.29, 0.717) is 31.1 Å². The van der Waals surface area contributed by atoms with E-state index in [0.717, 1.165) is 5.56 Å². The summed E-state index contributed by atoms with van der Waals surface area (Å²) in [6.45, 7) is 4.91. The number of piperazine rings is 1. The highest BCUT2D eigenvalue weighted by molar-refractivity contribution is 7.89. The van der Waals surface area contributed by atoms with Crippen LogP contribution in [0.5, 0.6) is 0 Å². The normalized spacial score (nSPS) is 18.5. The van der Waals surface area contributed by atoms with Crippen LogP contribution in [0.1, 0.15) is 12.5 Å². The average molecular weight is 311 g/mol. The topological polar surface area (TPSA) is 83.7 Å². The molecule has 2 rings (SSSR count). The predicted octanol–water partition coefficient (Wildman–Crippen LogP) is 0.175. The fourth-order valence-corrected chi connectivity index (χ4v) is 3.72. The van der Waals surface area contributed by atoms with E-state index in [9.17, 15) is 13.2 Å². The summed E-state index contributed by atoms with van der Waals surface area (Å²) in [4.78, 5) is 13.7. The number of benzene rings is 1. The van der Waals surface area contributed by atoms with E-state index in [2.05, 4.69) is 0 Å². The molecular weight excluding hydrogens is 290 g/mol. The first kappa shape index (κ1) is 15.9. The van der Waals surface area contributed by atoms with Gasteiger partial charge in [0.2, 0.25) is 15.9 Å². The molecule has 0 unspecified atom stereocenters. The lowest BCUT2D eigenvalue weighted by atomic mass is 10.2. The van der Waals surface area contributed by atoms with Gasteiger partial charge in [-0.3, -0.25) is 4.79 Å². The van der Waals surface area contributed by atoms with Crippen LogP contribution in [0.4, 0.5) is 0 Å². The van der Waals surface area contributed by atoms with E-state index in [1.54, 1.807) is 36.1 Å². The predicted molar refractivity (Wildman–Crippen MR) is 80.2 cm³/mol. The van der Waals surface area contributed by atoms with Crippen LogP contribution in [-0.4, -0.2) is 55.8 Å². The van der Waals surface area contributed by atoms with E-state index in [1.807, 2.05) is 6.92 Å². The molecule has 1 amide bonds. The van der Waals surface area contributed by atoms with Gasteiger partial charge < -0.3 is 10.6 Å². The van der Waals surface area contributed by atoms with Gasteiger partial charge in [-0.05, 0) is 26.0 Å². The molecule has 0 radical (unpaired) electrons. The van der Waals surface area contributed by atoms with Crippen molar-refractivity contribution in [1.82, 2.24) is 9.21 Å². The van der Waals surface area contributed by atoms with Crippen LogP contribution in [0.3, 0.4) is 0 Å². The first-order chi connectivity index (χ1) is 9.82. The van der Waals surface area contributed by atoms with Crippen molar-refractivity contribution in [2.75, 3.05) is 26.2 Å². The molecule has 0 aliphatic carbocycles. The minimum absolute atomic E-state index is 0.137. The molecule has 1 atom stereocenters. The van der Waals surface area contributed by atoms with Crippen molar-refractivity contribution in [3.63, 3.8) is 0 Å². The highest BCUT2D eigenvalue weighted by Gasteiger charge is 2.30. The van der Waals surface area contributed by atoms with Gasteiger partial charge in [0.05, 0.1) is 10.9 Å². The van der Waals surface area contributed by atoms with Gasteiger partial charge in [0.1, 0.15) is 0 Å². The summed E-state index contributed by atoms with van der Waals surface area (Å²) in [5, 5.41) is 0. The Hall–Kier alpha value is -1.44. The largest absolute Gasteiger partial charge is 0.339 e. The Balaban J connectivity index is 2.07. The fourth-order valence-electron chi connectivity index (χ4n) is 2.30. The Morgan fingerprint density at radius 3 is 2.14 bits per heavy atom. The van der Waals surface area contributed by atoms with E-state index in [-0.39, 0.29) is 5.91 Å². The van der Waals surface area contributed by atoms with Gasteiger partial charge in [-0.15, -0.1) is 0 Å². The van der Waals surface area contributed by atoms with Crippen molar-refractivity contribution in [3.8, 4) is 0 Å². The number of nitrogens with zero attached hydrogens (tertiary/aromatic N) is 2. The number of hydrogen-bond acceptors (Lipinski definition) is 4. The van der Waals surface area contributed by atoms with Gasteiger partial charge in [0.25, 0.3) is 0 Å². The van der Waals surface area contributed by atoms with Gasteiger partial charge in [-0.1, -0.05) is 17.7 Å². The van der Waals surface area contributed by atoms with E-state index in [4.69, 9.17) is 5.73 Å². The van der Waals surface area contributed by atoms with Crippen LogP contribution < -0.4 is 5.73 Å². The summed E-state index contributed by atoms with van der Waals surface area (Å²) in [5.74, 6) is -0.137. The SMILES string of the molecule is Cc1ccc(S(=O)(=O)N2CCN(C(=O)[C@@H](C)N)CC2)cc1. The van der Waals surface area contributed by atoms with Gasteiger partial charge in [0, 0.05) is 26.2 Å². The minimum Gasteiger partial charge on any atom is -0.339 e. The molecule has 0 bridgehead atoms. The van der Waals surface area contributed by atoms with Crippen molar-refractivity contribution >= 4 is 15.9 Å². The highest BCUT2D eigenvalue weighted by Crippen LogP contribution is 2.18. The molecule has 116 valence electrons. The maximum Gasteiger partial charge on any atom is 0.243 e. The Bertz CT molecular complexity index is 603. The van der Waals surface area contributed by atoms with Crippen LogP contribution in [0.2, 0.25) is 0 Å². The lowest BCUT2D eigenvalue weighted by Gasteiger charge is -2.34. The number of sulfonamides is 1. The summed E-state index contributed by atoms with van der Waals surface area (Å²) in [6, 6.07) is 6.24. The summed E-state index contributed by atoms with van der Waals surface area (Å²) in [7, 11) is -3.48. The zero-order chi connectivity index (χ0) is 15.6. The molecule has 1 fully saturated rings. The number of carbonyl (C=O) groups excluding carboxylic acids is 1. The Kier molecular flexibility index (Phi) is 4.65. The molecular formula is C14H21N3O3S. The zero-order valence-electron chi connectivity index (χ0n) is 12.3. The lowest BCUT2D eigenvalue weighted by Crippen LogP contribution is -2.53. The van der Waals surface area contributed by atoms with E-state index < -0.39 is 16.1 Å². The van der Waals surface area contributed by atoms with Gasteiger partial charge in [-0.25, -0.2) is 8.42 Å². The molecule has 1 heterocycles.